The van der Waals surface area contributed by atoms with Crippen molar-refractivity contribution in [3.05, 3.63) is 93.8 Å². The summed E-state index contributed by atoms with van der Waals surface area (Å²) in [5.41, 5.74) is 7.78. The number of halogens is 1. The van der Waals surface area contributed by atoms with Gasteiger partial charge in [0.25, 0.3) is 0 Å². The average Bonchev–Trinajstić information content (AvgIpc) is 2.98. The van der Waals surface area contributed by atoms with Gasteiger partial charge in [-0.05, 0) is 60.7 Å². The summed E-state index contributed by atoms with van der Waals surface area (Å²) in [6.45, 7) is 7.01. The highest BCUT2D eigenvalue weighted by molar-refractivity contribution is 6.30. The zero-order valence-corrected chi connectivity index (χ0v) is 17.5. The van der Waals surface area contributed by atoms with Crippen molar-refractivity contribution < 1.29 is 0 Å². The smallest absolute Gasteiger partial charge is 0.154 e. The fraction of sp³-hybridized carbons (Fsp3) is 0.240. The fourth-order valence-corrected chi connectivity index (χ4v) is 4.64. The third kappa shape index (κ3) is 3.20. The number of benzene rings is 2. The van der Waals surface area contributed by atoms with E-state index in [4.69, 9.17) is 16.6 Å². The van der Waals surface area contributed by atoms with Crippen LogP contribution in [0.2, 0.25) is 5.02 Å². The van der Waals surface area contributed by atoms with Gasteiger partial charge in [0.15, 0.2) is 5.82 Å². The fourth-order valence-electron chi connectivity index (χ4n) is 4.43. The van der Waals surface area contributed by atoms with Crippen LogP contribution in [0, 0.1) is 20.0 Å². The Kier molecular flexibility index (Phi) is 4.56. The molecule has 0 atom stereocenters. The van der Waals surface area contributed by atoms with Crippen LogP contribution in [0.25, 0.3) is 10.9 Å². The molecule has 2 aromatic carbocycles. The Morgan fingerprint density at radius 2 is 1.90 bits per heavy atom. The molecule has 0 fully saturated rings. The first-order valence-electron chi connectivity index (χ1n) is 10.0. The number of hydrogen-bond acceptors (Lipinski definition) is 2. The van der Waals surface area contributed by atoms with E-state index < -0.39 is 0 Å². The third-order valence-electron chi connectivity index (χ3n) is 6.13. The van der Waals surface area contributed by atoms with Gasteiger partial charge in [-0.25, -0.2) is 4.98 Å². The van der Waals surface area contributed by atoms with Crippen molar-refractivity contribution >= 4 is 28.3 Å². The summed E-state index contributed by atoms with van der Waals surface area (Å²) in [5, 5.41) is 2.00. The van der Waals surface area contributed by atoms with Crippen molar-refractivity contribution in [2.75, 3.05) is 11.4 Å². The minimum Gasteiger partial charge on any atom is -0.350 e. The van der Waals surface area contributed by atoms with E-state index in [-0.39, 0.29) is 0 Å². The lowest BCUT2D eigenvalue weighted by atomic mass is 10.00. The molecule has 0 aliphatic carbocycles. The first-order valence-corrected chi connectivity index (χ1v) is 10.4. The molecule has 29 heavy (non-hydrogen) atoms. The highest BCUT2D eigenvalue weighted by atomic mass is 35.5. The lowest BCUT2D eigenvalue weighted by Crippen LogP contribution is -2.31. The Labute approximate surface area is 176 Å². The molecule has 4 heteroatoms. The molecule has 3 heterocycles. The molecule has 0 saturated heterocycles. The van der Waals surface area contributed by atoms with E-state index in [1.54, 1.807) is 0 Å². The van der Waals surface area contributed by atoms with Gasteiger partial charge >= 0.3 is 0 Å². The Hall–Kier alpha value is -2.78. The van der Waals surface area contributed by atoms with E-state index in [2.05, 4.69) is 59.8 Å². The molecule has 4 aromatic rings. The first kappa shape index (κ1) is 18.3. The number of hydrogen-bond donors (Lipinski definition) is 0. The summed E-state index contributed by atoms with van der Waals surface area (Å²) in [4.78, 5) is 7.13. The van der Waals surface area contributed by atoms with E-state index in [9.17, 15) is 0 Å². The monoisotopic (exact) mass is 400 g/mol. The molecule has 0 unspecified atom stereocenters. The number of pyridine rings is 1. The van der Waals surface area contributed by atoms with E-state index in [0.29, 0.717) is 0 Å². The zero-order chi connectivity index (χ0) is 20.0. The summed E-state index contributed by atoms with van der Waals surface area (Å²) in [5.74, 6) is 1.02. The lowest BCUT2D eigenvalue weighted by molar-refractivity contribution is 0.717. The van der Waals surface area contributed by atoms with Crippen molar-refractivity contribution in [3.8, 4) is 0 Å². The Morgan fingerprint density at radius 3 is 2.72 bits per heavy atom. The van der Waals surface area contributed by atoms with Crippen LogP contribution >= 0.6 is 11.6 Å². The predicted molar refractivity (Wildman–Crippen MR) is 120 cm³/mol. The maximum Gasteiger partial charge on any atom is 0.154 e. The molecule has 145 valence electrons. The minimum atomic E-state index is 0.771. The minimum absolute atomic E-state index is 0.771. The Morgan fingerprint density at radius 1 is 1.07 bits per heavy atom. The highest BCUT2D eigenvalue weighted by Crippen LogP contribution is 2.34. The number of anilines is 1. The van der Waals surface area contributed by atoms with Gasteiger partial charge in [-0.15, -0.1) is 0 Å². The summed E-state index contributed by atoms with van der Waals surface area (Å²) in [7, 11) is 0. The van der Waals surface area contributed by atoms with Crippen molar-refractivity contribution in [2.24, 2.45) is 0 Å². The molecular formula is C25H23ClN3. The first-order chi connectivity index (χ1) is 14.1. The van der Waals surface area contributed by atoms with Gasteiger partial charge in [0.1, 0.15) is 0 Å². The summed E-state index contributed by atoms with van der Waals surface area (Å²) in [6, 6.07) is 18.9. The highest BCUT2D eigenvalue weighted by Gasteiger charge is 2.23. The van der Waals surface area contributed by atoms with Gasteiger partial charge < -0.3 is 9.47 Å². The number of aryl methyl sites for hydroxylation is 1. The van der Waals surface area contributed by atoms with E-state index >= 15 is 0 Å². The van der Waals surface area contributed by atoms with Crippen molar-refractivity contribution in [1.82, 2.24) is 9.55 Å². The molecule has 1 radical (unpaired) electrons. The summed E-state index contributed by atoms with van der Waals surface area (Å²) < 4.78 is 2.38. The number of nitrogens with zero attached hydrogens (tertiary/aromatic N) is 3. The van der Waals surface area contributed by atoms with Gasteiger partial charge in [-0.2, -0.15) is 0 Å². The maximum absolute atomic E-state index is 6.24. The van der Waals surface area contributed by atoms with Gasteiger partial charge in [-0.1, -0.05) is 48.0 Å². The molecule has 0 saturated carbocycles. The van der Waals surface area contributed by atoms with Gasteiger partial charge in [0, 0.05) is 35.7 Å². The van der Waals surface area contributed by atoms with E-state index in [1.807, 2.05) is 24.3 Å². The molecule has 0 N–H and O–H groups in total. The molecule has 0 amide bonds. The molecule has 1 aliphatic heterocycles. The second-order valence-electron chi connectivity index (χ2n) is 7.84. The average molecular weight is 401 g/mol. The largest absolute Gasteiger partial charge is 0.350 e. The van der Waals surface area contributed by atoms with Crippen molar-refractivity contribution in [2.45, 2.75) is 33.4 Å². The number of fused-ring (bicyclic) bond motifs is 2. The van der Waals surface area contributed by atoms with Crippen molar-refractivity contribution in [1.29, 1.82) is 0 Å². The predicted octanol–water partition coefficient (Wildman–Crippen LogP) is 5.72. The second-order valence-corrected chi connectivity index (χ2v) is 8.27. The van der Waals surface area contributed by atoms with Crippen LogP contribution in [0.5, 0.6) is 0 Å². The van der Waals surface area contributed by atoms with Crippen LogP contribution in [-0.4, -0.2) is 16.1 Å². The van der Waals surface area contributed by atoms with Gasteiger partial charge in [0.05, 0.1) is 11.7 Å². The lowest BCUT2D eigenvalue weighted by Gasteiger charge is -2.30. The standard InChI is InChI=1S/C25H23ClN3/c1-17-18(2)29(15-19-6-5-9-22(26)14-19)24-23(17)10-12-27-25(24)28-13-11-20-7-3-4-8-21(20)16-28/h3-10,14H,11,13,15-16H2,1-2H3. The molecule has 0 spiro atoms. The topological polar surface area (TPSA) is 21.1 Å². The number of rotatable bonds is 3. The quantitative estimate of drug-likeness (QED) is 0.438. The normalized spacial score (nSPS) is 13.7. The zero-order valence-electron chi connectivity index (χ0n) is 16.7. The third-order valence-corrected chi connectivity index (χ3v) is 6.36. The van der Waals surface area contributed by atoms with E-state index in [1.165, 1.54) is 38.9 Å². The molecule has 2 aromatic heterocycles. The summed E-state index contributed by atoms with van der Waals surface area (Å²) in [6.07, 6.45) is 4.20. The maximum atomic E-state index is 6.24. The van der Waals surface area contributed by atoms with E-state index in [0.717, 1.165) is 36.9 Å². The number of aromatic nitrogens is 2. The molecule has 3 nitrogen and oxygen atoms in total. The van der Waals surface area contributed by atoms with Crippen LogP contribution < -0.4 is 4.90 Å². The van der Waals surface area contributed by atoms with Gasteiger partial charge in [0.2, 0.25) is 0 Å². The SMILES string of the molecule is Cc1c(C)n(Cc2cccc(Cl)c2)c2c(N3CCc4ccccc4C3)n[c]cc12. The molecule has 0 bridgehead atoms. The Bertz CT molecular complexity index is 1210. The van der Waals surface area contributed by atoms with Crippen LogP contribution in [0.4, 0.5) is 5.82 Å². The van der Waals surface area contributed by atoms with Crippen LogP contribution in [-0.2, 0) is 19.5 Å². The van der Waals surface area contributed by atoms with Crippen LogP contribution in [0.3, 0.4) is 0 Å². The second kappa shape index (κ2) is 7.23. The van der Waals surface area contributed by atoms with Crippen LogP contribution in [0.1, 0.15) is 27.9 Å². The molecule has 1 aliphatic rings. The summed E-state index contributed by atoms with van der Waals surface area (Å²) >= 11 is 6.24. The van der Waals surface area contributed by atoms with Gasteiger partial charge in [-0.3, -0.25) is 0 Å². The Balaban J connectivity index is 1.63. The molecule has 5 rings (SSSR count). The van der Waals surface area contributed by atoms with Crippen LogP contribution in [0.15, 0.2) is 54.6 Å². The molecular weight excluding hydrogens is 378 g/mol. The van der Waals surface area contributed by atoms with Crippen molar-refractivity contribution in [3.63, 3.8) is 0 Å².